The Labute approximate surface area is 97.5 Å². The molecule has 1 N–H and O–H groups in total. The molecule has 0 radical (unpaired) electrons. The fraction of sp³-hybridized carbons (Fsp3) is 1.00. The van der Waals surface area contributed by atoms with Crippen molar-refractivity contribution in [3.8, 4) is 0 Å². The zero-order valence-electron chi connectivity index (χ0n) is 10.1. The molecule has 0 aliphatic carbocycles. The first kappa shape index (κ1) is 11.7. The highest BCUT2D eigenvalue weighted by atomic mass is 32.2. The maximum atomic E-state index is 6.10. The molecule has 2 nitrogen and oxygen atoms in total. The summed E-state index contributed by atoms with van der Waals surface area (Å²) < 4.78 is 6.10. The number of thioether (sulfide) groups is 1. The van der Waals surface area contributed by atoms with Crippen molar-refractivity contribution in [1.29, 1.82) is 0 Å². The lowest BCUT2D eigenvalue weighted by Gasteiger charge is -2.44. The Kier molecular flexibility index (Phi) is 3.34. The first-order valence-electron chi connectivity index (χ1n) is 5.97. The predicted molar refractivity (Wildman–Crippen MR) is 66.5 cm³/mol. The van der Waals surface area contributed by atoms with Crippen LogP contribution in [0.5, 0.6) is 0 Å². The highest BCUT2D eigenvalue weighted by Gasteiger charge is 2.45. The molecule has 0 bridgehead atoms. The van der Waals surface area contributed by atoms with Gasteiger partial charge in [0.05, 0.1) is 12.2 Å². The van der Waals surface area contributed by atoms with Crippen LogP contribution in [0.25, 0.3) is 0 Å². The van der Waals surface area contributed by atoms with Crippen molar-refractivity contribution >= 4 is 11.8 Å². The minimum absolute atomic E-state index is 0.149. The van der Waals surface area contributed by atoms with E-state index < -0.39 is 0 Å². The summed E-state index contributed by atoms with van der Waals surface area (Å²) >= 11 is 2.04. The molecule has 0 saturated carbocycles. The van der Waals surface area contributed by atoms with Crippen molar-refractivity contribution in [2.24, 2.45) is 5.41 Å². The zero-order valence-corrected chi connectivity index (χ0v) is 11.0. The van der Waals surface area contributed by atoms with Crippen LogP contribution >= 0.6 is 11.8 Å². The van der Waals surface area contributed by atoms with Gasteiger partial charge in [0.2, 0.25) is 0 Å². The van der Waals surface area contributed by atoms with Gasteiger partial charge in [-0.05, 0) is 24.0 Å². The molecule has 0 amide bonds. The van der Waals surface area contributed by atoms with Crippen molar-refractivity contribution in [2.45, 2.75) is 45.3 Å². The number of hydrogen-bond donors (Lipinski definition) is 1. The summed E-state index contributed by atoms with van der Waals surface area (Å²) in [6.07, 6.45) is 2.44. The lowest BCUT2D eigenvalue weighted by molar-refractivity contribution is -0.0863. The van der Waals surface area contributed by atoms with Gasteiger partial charge in [0.25, 0.3) is 0 Å². The van der Waals surface area contributed by atoms with Crippen molar-refractivity contribution in [3.63, 3.8) is 0 Å². The van der Waals surface area contributed by atoms with Crippen LogP contribution in [0.15, 0.2) is 0 Å². The van der Waals surface area contributed by atoms with Gasteiger partial charge in [0, 0.05) is 18.3 Å². The van der Waals surface area contributed by atoms with Crippen LogP contribution in [-0.2, 0) is 4.74 Å². The van der Waals surface area contributed by atoms with Gasteiger partial charge in [-0.3, -0.25) is 0 Å². The molecule has 2 saturated heterocycles. The van der Waals surface area contributed by atoms with Crippen LogP contribution in [0.1, 0.15) is 33.6 Å². The maximum Gasteiger partial charge on any atom is 0.0933 e. The van der Waals surface area contributed by atoms with Gasteiger partial charge >= 0.3 is 0 Å². The minimum atomic E-state index is 0.149. The van der Waals surface area contributed by atoms with E-state index in [9.17, 15) is 0 Å². The Bertz CT molecular complexity index is 218. The van der Waals surface area contributed by atoms with Crippen molar-refractivity contribution < 1.29 is 4.74 Å². The Morgan fingerprint density at radius 1 is 1.47 bits per heavy atom. The molecule has 1 spiro atoms. The molecule has 2 aliphatic heterocycles. The molecule has 88 valence electrons. The zero-order chi connectivity index (χ0) is 10.9. The molecule has 2 aliphatic rings. The van der Waals surface area contributed by atoms with Gasteiger partial charge in [0.1, 0.15) is 0 Å². The van der Waals surface area contributed by atoms with Crippen molar-refractivity contribution in [1.82, 2.24) is 5.32 Å². The third-order valence-electron chi connectivity index (χ3n) is 3.35. The molecular weight excluding hydrogens is 206 g/mol. The van der Waals surface area contributed by atoms with Gasteiger partial charge in [0.15, 0.2) is 0 Å². The molecule has 2 unspecified atom stereocenters. The average Bonchev–Trinajstić information content (AvgIpc) is 2.57. The molecule has 2 heterocycles. The fourth-order valence-corrected chi connectivity index (χ4v) is 4.00. The summed E-state index contributed by atoms with van der Waals surface area (Å²) in [6, 6.07) is 0.557. The lowest BCUT2D eigenvalue weighted by Crippen LogP contribution is -2.59. The van der Waals surface area contributed by atoms with E-state index in [2.05, 4.69) is 26.1 Å². The fourth-order valence-electron chi connectivity index (χ4n) is 2.60. The first-order chi connectivity index (χ1) is 7.02. The molecule has 3 heteroatoms. The summed E-state index contributed by atoms with van der Waals surface area (Å²) in [7, 11) is 0. The molecular formula is C12H23NOS. The van der Waals surface area contributed by atoms with Crippen molar-refractivity contribution in [3.05, 3.63) is 0 Å². The predicted octanol–water partition coefficient (Wildman–Crippen LogP) is 2.29. The van der Waals surface area contributed by atoms with Gasteiger partial charge < -0.3 is 10.1 Å². The van der Waals surface area contributed by atoms with E-state index in [4.69, 9.17) is 4.74 Å². The van der Waals surface area contributed by atoms with Gasteiger partial charge in [-0.2, -0.15) is 11.8 Å². The van der Waals surface area contributed by atoms with E-state index in [0.29, 0.717) is 11.5 Å². The molecule has 2 rings (SSSR count). The van der Waals surface area contributed by atoms with Crippen LogP contribution in [0, 0.1) is 5.41 Å². The Morgan fingerprint density at radius 2 is 2.27 bits per heavy atom. The van der Waals surface area contributed by atoms with Gasteiger partial charge in [-0.1, -0.05) is 20.8 Å². The van der Waals surface area contributed by atoms with Gasteiger partial charge in [-0.25, -0.2) is 0 Å². The van der Waals surface area contributed by atoms with E-state index in [1.807, 2.05) is 11.8 Å². The minimum Gasteiger partial charge on any atom is -0.371 e. The second-order valence-corrected chi connectivity index (χ2v) is 7.09. The molecule has 2 fully saturated rings. The topological polar surface area (TPSA) is 21.3 Å². The first-order valence-corrected chi connectivity index (χ1v) is 7.12. The largest absolute Gasteiger partial charge is 0.371 e. The summed E-state index contributed by atoms with van der Waals surface area (Å²) in [5.74, 6) is 2.45. The number of ether oxygens (including phenoxy) is 1. The van der Waals surface area contributed by atoms with Crippen LogP contribution in [0.3, 0.4) is 0 Å². The quantitative estimate of drug-likeness (QED) is 0.745. The molecule has 0 aromatic rings. The van der Waals surface area contributed by atoms with E-state index in [-0.39, 0.29) is 5.60 Å². The number of hydrogen-bond acceptors (Lipinski definition) is 3. The maximum absolute atomic E-state index is 6.10. The Balaban J connectivity index is 2.06. The van der Waals surface area contributed by atoms with Crippen LogP contribution in [0.4, 0.5) is 0 Å². The monoisotopic (exact) mass is 229 g/mol. The van der Waals surface area contributed by atoms with Crippen LogP contribution < -0.4 is 5.32 Å². The summed E-state index contributed by atoms with van der Waals surface area (Å²) in [6.45, 7) is 8.87. The van der Waals surface area contributed by atoms with E-state index in [1.54, 1.807) is 0 Å². The Hall–Kier alpha value is 0.270. The highest BCUT2D eigenvalue weighted by Crippen LogP contribution is 2.39. The second kappa shape index (κ2) is 4.27. The van der Waals surface area contributed by atoms with E-state index in [0.717, 1.165) is 13.2 Å². The summed E-state index contributed by atoms with van der Waals surface area (Å²) in [5, 5.41) is 3.67. The molecule has 0 aromatic carbocycles. The normalized spacial score (nSPS) is 37.4. The van der Waals surface area contributed by atoms with E-state index >= 15 is 0 Å². The number of nitrogens with one attached hydrogen (secondary N) is 1. The highest BCUT2D eigenvalue weighted by molar-refractivity contribution is 7.99. The molecule has 15 heavy (non-hydrogen) atoms. The Morgan fingerprint density at radius 3 is 2.87 bits per heavy atom. The standard InChI is InChI=1S/C12H23NOS/c1-11(2,3)8-10-12(4-7-15-9-12)14-6-5-13-10/h10,13H,4-9H2,1-3H3. The molecule has 0 aromatic heterocycles. The SMILES string of the molecule is CC(C)(C)CC1NCCOC12CCSC2. The van der Waals surface area contributed by atoms with Crippen LogP contribution in [-0.4, -0.2) is 36.3 Å². The average molecular weight is 229 g/mol. The lowest BCUT2D eigenvalue weighted by atomic mass is 9.79. The van der Waals surface area contributed by atoms with Gasteiger partial charge in [-0.15, -0.1) is 0 Å². The summed E-state index contributed by atoms with van der Waals surface area (Å²) in [5.41, 5.74) is 0.537. The number of rotatable bonds is 1. The number of morpholine rings is 1. The third kappa shape index (κ3) is 2.69. The summed E-state index contributed by atoms with van der Waals surface area (Å²) in [4.78, 5) is 0. The second-order valence-electron chi connectivity index (χ2n) is 5.99. The smallest absolute Gasteiger partial charge is 0.0933 e. The van der Waals surface area contributed by atoms with Crippen molar-refractivity contribution in [2.75, 3.05) is 24.7 Å². The molecule has 2 atom stereocenters. The van der Waals surface area contributed by atoms with E-state index in [1.165, 1.54) is 24.3 Å². The van der Waals surface area contributed by atoms with Crippen LogP contribution in [0.2, 0.25) is 0 Å². The third-order valence-corrected chi connectivity index (χ3v) is 4.54.